The number of hydrogen-bond acceptors (Lipinski definition) is 4. The van der Waals surface area contributed by atoms with Gasteiger partial charge in [-0.2, -0.15) is 0 Å². The lowest BCUT2D eigenvalue weighted by Gasteiger charge is -2.39. The Morgan fingerprint density at radius 1 is 0.962 bits per heavy atom. The third-order valence-electron chi connectivity index (χ3n) is 4.83. The van der Waals surface area contributed by atoms with E-state index in [0.29, 0.717) is 39.1 Å². The van der Waals surface area contributed by atoms with Crippen LogP contribution in [0.5, 0.6) is 0 Å². The van der Waals surface area contributed by atoms with E-state index in [0.717, 1.165) is 25.8 Å². The van der Waals surface area contributed by atoms with E-state index in [1.165, 1.54) is 0 Å². The molecule has 0 aromatic heterocycles. The maximum absolute atomic E-state index is 12.8. The first-order valence-corrected chi connectivity index (χ1v) is 9.75. The van der Waals surface area contributed by atoms with Gasteiger partial charge in [-0.15, -0.1) is 0 Å². The molecule has 148 valence electrons. The molecule has 26 heavy (non-hydrogen) atoms. The van der Waals surface area contributed by atoms with Crippen LogP contribution in [0.2, 0.25) is 0 Å². The van der Waals surface area contributed by atoms with E-state index >= 15 is 0 Å². The summed E-state index contributed by atoms with van der Waals surface area (Å²) in [5.41, 5.74) is -0.513. The van der Waals surface area contributed by atoms with Crippen LogP contribution in [0.1, 0.15) is 53.4 Å². The van der Waals surface area contributed by atoms with Crippen LogP contribution >= 0.6 is 0 Å². The molecule has 0 aromatic carbocycles. The molecule has 0 aliphatic carbocycles. The molecule has 0 N–H and O–H groups in total. The largest absolute Gasteiger partial charge is 0.444 e. The van der Waals surface area contributed by atoms with Crippen LogP contribution < -0.4 is 0 Å². The summed E-state index contributed by atoms with van der Waals surface area (Å²) >= 11 is 0. The van der Waals surface area contributed by atoms with Crippen LogP contribution in [0, 0.1) is 5.92 Å². The number of carbonyl (C=O) groups excluding carboxylic acids is 3. The van der Waals surface area contributed by atoms with Gasteiger partial charge in [-0.3, -0.25) is 9.59 Å². The minimum Gasteiger partial charge on any atom is -0.444 e. The molecule has 7 nitrogen and oxygen atoms in total. The second-order valence-corrected chi connectivity index (χ2v) is 8.22. The smallest absolute Gasteiger partial charge is 0.410 e. The topological polar surface area (TPSA) is 70.2 Å². The molecule has 0 saturated carbocycles. The molecular formula is C19H33N3O4. The molecule has 7 heteroatoms. The standard InChI is InChI=1S/C19H33N3O4/c1-5-7-16(23)22-9-6-8-15(14-22)17(24)20-10-12-21(13-11-20)18(25)26-19(2,3)4/h15H,5-14H2,1-4H3. The molecule has 2 aliphatic rings. The van der Waals surface area contributed by atoms with E-state index < -0.39 is 5.60 Å². The van der Waals surface area contributed by atoms with E-state index in [-0.39, 0.29) is 23.8 Å². The number of nitrogens with zero attached hydrogens (tertiary/aromatic N) is 3. The predicted octanol–water partition coefficient (Wildman–Crippen LogP) is 2.10. The van der Waals surface area contributed by atoms with Gasteiger partial charge in [-0.25, -0.2) is 4.79 Å². The van der Waals surface area contributed by atoms with Crippen molar-refractivity contribution < 1.29 is 19.1 Å². The lowest BCUT2D eigenvalue weighted by molar-refractivity contribution is -0.142. The second-order valence-electron chi connectivity index (χ2n) is 8.22. The van der Waals surface area contributed by atoms with Gasteiger partial charge in [0, 0.05) is 45.7 Å². The monoisotopic (exact) mass is 367 g/mol. The van der Waals surface area contributed by atoms with Gasteiger partial charge in [0.1, 0.15) is 5.60 Å². The van der Waals surface area contributed by atoms with Crippen molar-refractivity contribution in [2.24, 2.45) is 5.92 Å². The molecule has 2 aliphatic heterocycles. The molecule has 2 saturated heterocycles. The predicted molar refractivity (Wildman–Crippen MR) is 98.6 cm³/mol. The molecule has 2 rings (SSSR count). The Balaban J connectivity index is 1.84. The zero-order chi connectivity index (χ0) is 19.3. The average Bonchev–Trinajstić information content (AvgIpc) is 2.60. The van der Waals surface area contributed by atoms with Gasteiger partial charge in [0.15, 0.2) is 0 Å². The minimum absolute atomic E-state index is 0.113. The Hall–Kier alpha value is -1.79. The van der Waals surface area contributed by atoms with Crippen molar-refractivity contribution in [3.63, 3.8) is 0 Å². The molecular weight excluding hydrogens is 334 g/mol. The first-order valence-electron chi connectivity index (χ1n) is 9.75. The molecule has 2 heterocycles. The fourth-order valence-corrected chi connectivity index (χ4v) is 3.47. The van der Waals surface area contributed by atoms with Crippen molar-refractivity contribution >= 4 is 17.9 Å². The van der Waals surface area contributed by atoms with Gasteiger partial charge in [0.05, 0.1) is 5.92 Å². The summed E-state index contributed by atoms with van der Waals surface area (Å²) in [6.45, 7) is 10.9. The highest BCUT2D eigenvalue weighted by molar-refractivity contribution is 5.81. The summed E-state index contributed by atoms with van der Waals surface area (Å²) in [5.74, 6) is 0.153. The lowest BCUT2D eigenvalue weighted by Crippen LogP contribution is -2.54. The van der Waals surface area contributed by atoms with Crippen molar-refractivity contribution in [2.75, 3.05) is 39.3 Å². The van der Waals surface area contributed by atoms with Crippen molar-refractivity contribution in [1.29, 1.82) is 0 Å². The normalized spacial score (nSPS) is 21.5. The highest BCUT2D eigenvalue weighted by Gasteiger charge is 2.33. The number of amides is 3. The average molecular weight is 367 g/mol. The summed E-state index contributed by atoms with van der Waals surface area (Å²) in [6, 6.07) is 0. The molecule has 1 atom stereocenters. The maximum Gasteiger partial charge on any atom is 0.410 e. The van der Waals surface area contributed by atoms with Gasteiger partial charge >= 0.3 is 6.09 Å². The first-order chi connectivity index (χ1) is 12.2. The molecule has 0 radical (unpaired) electrons. The van der Waals surface area contributed by atoms with Crippen LogP contribution in [0.4, 0.5) is 4.79 Å². The summed E-state index contributed by atoms with van der Waals surface area (Å²) in [6.07, 6.45) is 2.78. The summed E-state index contributed by atoms with van der Waals surface area (Å²) < 4.78 is 5.39. The Kier molecular flexibility index (Phi) is 6.89. The zero-order valence-electron chi connectivity index (χ0n) is 16.6. The molecule has 1 unspecified atom stereocenters. The van der Waals surface area contributed by atoms with Crippen LogP contribution in [0.15, 0.2) is 0 Å². The number of rotatable bonds is 3. The Morgan fingerprint density at radius 3 is 2.15 bits per heavy atom. The van der Waals surface area contributed by atoms with Crippen LogP contribution in [0.3, 0.4) is 0 Å². The number of ether oxygens (including phenoxy) is 1. The van der Waals surface area contributed by atoms with E-state index in [4.69, 9.17) is 4.74 Å². The van der Waals surface area contributed by atoms with Gasteiger partial charge in [0.25, 0.3) is 0 Å². The van der Waals surface area contributed by atoms with E-state index in [1.807, 2.05) is 37.5 Å². The van der Waals surface area contributed by atoms with Crippen LogP contribution in [0.25, 0.3) is 0 Å². The zero-order valence-corrected chi connectivity index (χ0v) is 16.6. The first kappa shape index (κ1) is 20.5. The molecule has 0 spiro atoms. The fourth-order valence-electron chi connectivity index (χ4n) is 3.47. The van der Waals surface area contributed by atoms with Crippen LogP contribution in [-0.2, 0) is 14.3 Å². The number of piperazine rings is 1. The van der Waals surface area contributed by atoms with Crippen molar-refractivity contribution in [1.82, 2.24) is 14.7 Å². The Labute approximate surface area is 156 Å². The molecule has 3 amide bonds. The van der Waals surface area contributed by atoms with E-state index in [9.17, 15) is 14.4 Å². The minimum atomic E-state index is -0.513. The maximum atomic E-state index is 12.8. The van der Waals surface area contributed by atoms with E-state index in [2.05, 4.69) is 0 Å². The third kappa shape index (κ3) is 5.61. The highest BCUT2D eigenvalue weighted by atomic mass is 16.6. The van der Waals surface area contributed by atoms with Gasteiger partial charge in [0.2, 0.25) is 11.8 Å². The summed E-state index contributed by atoms with van der Waals surface area (Å²) in [7, 11) is 0. The Morgan fingerprint density at radius 2 is 1.58 bits per heavy atom. The lowest BCUT2D eigenvalue weighted by atomic mass is 9.96. The second kappa shape index (κ2) is 8.73. The van der Waals surface area contributed by atoms with Gasteiger partial charge < -0.3 is 19.4 Å². The van der Waals surface area contributed by atoms with E-state index in [1.54, 1.807) is 4.90 Å². The number of hydrogen-bond donors (Lipinski definition) is 0. The van der Waals surface area contributed by atoms with Gasteiger partial charge in [-0.1, -0.05) is 6.92 Å². The molecule has 2 fully saturated rings. The number of likely N-dealkylation sites (tertiary alicyclic amines) is 1. The molecule has 0 aromatic rings. The van der Waals surface area contributed by atoms with Crippen molar-refractivity contribution in [3.05, 3.63) is 0 Å². The summed E-state index contributed by atoms with van der Waals surface area (Å²) in [4.78, 5) is 42.4. The number of piperidine rings is 1. The quantitative estimate of drug-likeness (QED) is 0.766. The molecule has 0 bridgehead atoms. The SMILES string of the molecule is CCCC(=O)N1CCCC(C(=O)N2CCN(C(=O)OC(C)(C)C)CC2)C1. The Bertz CT molecular complexity index is 521. The highest BCUT2D eigenvalue weighted by Crippen LogP contribution is 2.21. The van der Waals surface area contributed by atoms with Crippen molar-refractivity contribution in [3.8, 4) is 0 Å². The van der Waals surface area contributed by atoms with Crippen LogP contribution in [-0.4, -0.2) is 77.5 Å². The summed E-state index contributed by atoms with van der Waals surface area (Å²) in [5, 5.41) is 0. The van der Waals surface area contributed by atoms with Crippen molar-refractivity contribution in [2.45, 2.75) is 59.0 Å². The third-order valence-corrected chi connectivity index (χ3v) is 4.83. The van der Waals surface area contributed by atoms with Gasteiger partial charge in [-0.05, 0) is 40.0 Å². The fraction of sp³-hybridized carbons (Fsp3) is 0.842. The number of carbonyl (C=O) groups is 3.